The third kappa shape index (κ3) is 4.26. The molecule has 3 amide bonds. The van der Waals surface area contributed by atoms with Crippen LogP contribution in [-0.4, -0.2) is 28.8 Å². The van der Waals surface area contributed by atoms with Gasteiger partial charge in [0.25, 0.3) is 11.8 Å². The first kappa shape index (κ1) is 20.5. The largest absolute Gasteiger partial charge is 0.333 e. The van der Waals surface area contributed by atoms with Crippen LogP contribution in [0.15, 0.2) is 48.5 Å². The topological polar surface area (TPSA) is 84.0 Å². The van der Waals surface area contributed by atoms with Crippen LogP contribution in [0.25, 0.3) is 11.6 Å². The van der Waals surface area contributed by atoms with Gasteiger partial charge in [0.15, 0.2) is 0 Å². The fourth-order valence-electron chi connectivity index (χ4n) is 3.84. The van der Waals surface area contributed by atoms with E-state index in [0.717, 1.165) is 28.0 Å². The molecule has 7 nitrogen and oxygen atoms in total. The van der Waals surface area contributed by atoms with Gasteiger partial charge in [0.05, 0.1) is 18.7 Å². The van der Waals surface area contributed by atoms with Crippen LogP contribution in [-0.2, 0) is 30.6 Å². The number of nitrogens with zero attached hydrogens (tertiary/aromatic N) is 2. The predicted molar refractivity (Wildman–Crippen MR) is 114 cm³/mol. The highest BCUT2D eigenvalue weighted by molar-refractivity contribution is 6.02. The maximum Gasteiger partial charge on any atom is 0.333 e. The standard InChI is InChI=1S/C24H22N2O5/c1-16-14-17-6-3-5-9-20(17)25(15-18-7-2-4-8-19(16)18)21(27)12-13-24(30)31-26-22(28)10-11-23(26)29/h2-9,14H,10-13,15H2,1H3. The van der Waals surface area contributed by atoms with Crippen LogP contribution in [0, 0.1) is 0 Å². The summed E-state index contributed by atoms with van der Waals surface area (Å²) in [7, 11) is 0. The van der Waals surface area contributed by atoms with E-state index < -0.39 is 17.8 Å². The number of fused-ring (bicyclic) bond motifs is 2. The first-order chi connectivity index (χ1) is 14.9. The van der Waals surface area contributed by atoms with Crippen LogP contribution < -0.4 is 4.90 Å². The lowest BCUT2D eigenvalue weighted by Crippen LogP contribution is -2.34. The van der Waals surface area contributed by atoms with Gasteiger partial charge in [-0.2, -0.15) is 0 Å². The highest BCUT2D eigenvalue weighted by atomic mass is 16.7. The summed E-state index contributed by atoms with van der Waals surface area (Å²) in [5.74, 6) is -2.11. The molecular formula is C24H22N2O5. The number of carbonyl (C=O) groups is 4. The molecule has 2 aromatic carbocycles. The summed E-state index contributed by atoms with van der Waals surface area (Å²) >= 11 is 0. The number of allylic oxidation sites excluding steroid dienone is 1. The van der Waals surface area contributed by atoms with Crippen molar-refractivity contribution in [1.29, 1.82) is 0 Å². The van der Waals surface area contributed by atoms with Gasteiger partial charge in [0.1, 0.15) is 0 Å². The molecule has 1 saturated heterocycles. The monoisotopic (exact) mass is 418 g/mol. The number of rotatable bonds is 4. The Kier molecular flexibility index (Phi) is 5.66. The number of para-hydroxylation sites is 1. The Hall–Kier alpha value is -3.74. The average molecular weight is 418 g/mol. The zero-order valence-corrected chi connectivity index (χ0v) is 17.2. The molecule has 0 aromatic heterocycles. The zero-order valence-electron chi connectivity index (χ0n) is 17.2. The van der Waals surface area contributed by atoms with Gasteiger partial charge in [-0.05, 0) is 41.3 Å². The summed E-state index contributed by atoms with van der Waals surface area (Å²) < 4.78 is 0. The Morgan fingerprint density at radius 2 is 1.61 bits per heavy atom. The summed E-state index contributed by atoms with van der Waals surface area (Å²) in [4.78, 5) is 55.0. The molecule has 0 atom stereocenters. The summed E-state index contributed by atoms with van der Waals surface area (Å²) in [6, 6.07) is 15.5. The normalized spacial score (nSPS) is 15.6. The molecule has 0 saturated carbocycles. The molecule has 31 heavy (non-hydrogen) atoms. The maximum atomic E-state index is 13.1. The van der Waals surface area contributed by atoms with Gasteiger partial charge >= 0.3 is 5.97 Å². The number of hydrogen-bond donors (Lipinski definition) is 0. The van der Waals surface area contributed by atoms with Crippen molar-refractivity contribution in [2.75, 3.05) is 4.90 Å². The highest BCUT2D eigenvalue weighted by Crippen LogP contribution is 2.32. The Bertz CT molecular complexity index is 1090. The minimum Gasteiger partial charge on any atom is -0.330 e. The number of hydroxylamine groups is 2. The smallest absolute Gasteiger partial charge is 0.330 e. The Morgan fingerprint density at radius 3 is 2.39 bits per heavy atom. The number of carbonyl (C=O) groups excluding carboxylic acids is 4. The van der Waals surface area contributed by atoms with E-state index in [1.165, 1.54) is 0 Å². The van der Waals surface area contributed by atoms with Gasteiger partial charge in [0.2, 0.25) is 5.91 Å². The summed E-state index contributed by atoms with van der Waals surface area (Å²) in [6.45, 7) is 2.42. The molecule has 7 heteroatoms. The molecule has 0 unspecified atom stereocenters. The lowest BCUT2D eigenvalue weighted by molar-refractivity contribution is -0.197. The molecule has 0 spiro atoms. The van der Waals surface area contributed by atoms with Crippen LogP contribution in [0.4, 0.5) is 5.69 Å². The van der Waals surface area contributed by atoms with E-state index in [4.69, 9.17) is 4.84 Å². The number of hydrogen-bond acceptors (Lipinski definition) is 5. The Labute approximate surface area is 179 Å². The third-order valence-electron chi connectivity index (χ3n) is 5.41. The highest BCUT2D eigenvalue weighted by Gasteiger charge is 2.33. The van der Waals surface area contributed by atoms with Crippen molar-refractivity contribution in [2.45, 2.75) is 39.2 Å². The van der Waals surface area contributed by atoms with Crippen molar-refractivity contribution in [3.05, 3.63) is 65.2 Å². The molecule has 4 rings (SSSR count). The minimum atomic E-state index is -0.784. The van der Waals surface area contributed by atoms with Crippen LogP contribution in [0.1, 0.15) is 49.3 Å². The Balaban J connectivity index is 1.53. The first-order valence-corrected chi connectivity index (χ1v) is 10.2. The van der Waals surface area contributed by atoms with Crippen molar-refractivity contribution < 1.29 is 24.0 Å². The second kappa shape index (κ2) is 8.55. The molecule has 0 bridgehead atoms. The predicted octanol–water partition coefficient (Wildman–Crippen LogP) is 3.48. The van der Waals surface area contributed by atoms with Crippen molar-refractivity contribution in [3.8, 4) is 0 Å². The van der Waals surface area contributed by atoms with Crippen LogP contribution in [0.2, 0.25) is 0 Å². The fourth-order valence-corrected chi connectivity index (χ4v) is 3.84. The van der Waals surface area contributed by atoms with E-state index in [9.17, 15) is 19.2 Å². The molecule has 2 aliphatic rings. The fraction of sp³-hybridized carbons (Fsp3) is 0.250. The van der Waals surface area contributed by atoms with Gasteiger partial charge in [-0.25, -0.2) is 4.79 Å². The van der Waals surface area contributed by atoms with E-state index in [1.807, 2.05) is 61.5 Å². The zero-order chi connectivity index (χ0) is 22.0. The SMILES string of the molecule is CC1=Cc2ccccc2N(C(=O)CCC(=O)ON2C(=O)CCC2=O)Cc2ccccc21. The molecule has 158 valence electrons. The van der Waals surface area contributed by atoms with Gasteiger partial charge in [0, 0.05) is 19.3 Å². The quantitative estimate of drug-likeness (QED) is 0.710. The van der Waals surface area contributed by atoms with E-state index in [1.54, 1.807) is 4.90 Å². The van der Waals surface area contributed by atoms with Crippen LogP contribution in [0.3, 0.4) is 0 Å². The van der Waals surface area contributed by atoms with E-state index in [2.05, 4.69) is 0 Å². The second-order valence-corrected chi connectivity index (χ2v) is 7.57. The van der Waals surface area contributed by atoms with Crippen LogP contribution in [0.5, 0.6) is 0 Å². The maximum absolute atomic E-state index is 13.1. The number of benzene rings is 2. The van der Waals surface area contributed by atoms with Crippen molar-refractivity contribution in [1.82, 2.24) is 5.06 Å². The van der Waals surface area contributed by atoms with E-state index in [0.29, 0.717) is 11.6 Å². The van der Waals surface area contributed by atoms with E-state index in [-0.39, 0.29) is 31.6 Å². The van der Waals surface area contributed by atoms with Crippen molar-refractivity contribution >= 4 is 41.0 Å². The van der Waals surface area contributed by atoms with Gasteiger partial charge in [-0.15, -0.1) is 5.06 Å². The lowest BCUT2D eigenvalue weighted by Gasteiger charge is -2.28. The summed E-state index contributed by atoms with van der Waals surface area (Å²) in [5.41, 5.74) is 4.87. The molecule has 2 heterocycles. The summed E-state index contributed by atoms with van der Waals surface area (Å²) in [5, 5.41) is 0.502. The molecular weight excluding hydrogens is 396 g/mol. The molecule has 0 N–H and O–H groups in total. The van der Waals surface area contributed by atoms with Crippen LogP contribution >= 0.6 is 0 Å². The molecule has 2 aromatic rings. The first-order valence-electron chi connectivity index (χ1n) is 10.2. The van der Waals surface area contributed by atoms with Gasteiger partial charge in [-0.3, -0.25) is 14.4 Å². The van der Waals surface area contributed by atoms with Gasteiger partial charge < -0.3 is 9.74 Å². The van der Waals surface area contributed by atoms with Gasteiger partial charge in [-0.1, -0.05) is 42.5 Å². The summed E-state index contributed by atoms with van der Waals surface area (Å²) in [6.07, 6.45) is 1.77. The lowest BCUT2D eigenvalue weighted by atomic mass is 9.95. The second-order valence-electron chi connectivity index (χ2n) is 7.57. The number of amides is 3. The number of imide groups is 1. The Morgan fingerprint density at radius 1 is 0.935 bits per heavy atom. The minimum absolute atomic E-state index is 0.0297. The molecule has 0 aliphatic carbocycles. The third-order valence-corrected chi connectivity index (χ3v) is 5.41. The average Bonchev–Trinajstić information content (AvgIpc) is 3.07. The number of anilines is 1. The molecule has 1 fully saturated rings. The van der Waals surface area contributed by atoms with Crippen molar-refractivity contribution in [2.24, 2.45) is 0 Å². The van der Waals surface area contributed by atoms with Crippen molar-refractivity contribution in [3.63, 3.8) is 0 Å². The molecule has 2 aliphatic heterocycles. The molecule has 0 radical (unpaired) electrons. The van der Waals surface area contributed by atoms with E-state index >= 15 is 0 Å².